The fraction of sp³-hybridized carbons (Fsp3) is 0.857. The summed E-state index contributed by atoms with van der Waals surface area (Å²) in [4.78, 5) is 27.2. The van der Waals surface area contributed by atoms with E-state index in [9.17, 15) is 9.59 Å². The molecular formula is C14H27N3O3. The summed E-state index contributed by atoms with van der Waals surface area (Å²) >= 11 is 0. The van der Waals surface area contributed by atoms with Crippen LogP contribution in [0.3, 0.4) is 0 Å². The van der Waals surface area contributed by atoms with Crippen LogP contribution in [0.2, 0.25) is 0 Å². The molecule has 1 atom stereocenters. The predicted octanol–water partition coefficient (Wildman–Crippen LogP) is 1.37. The Bertz CT molecular complexity index is 328. The monoisotopic (exact) mass is 285 g/mol. The number of likely N-dealkylation sites (tertiary alicyclic amines) is 1. The normalized spacial score (nSPS) is 18.6. The molecule has 1 aliphatic rings. The van der Waals surface area contributed by atoms with E-state index in [1.165, 1.54) is 0 Å². The third-order valence-electron chi connectivity index (χ3n) is 4.05. The van der Waals surface area contributed by atoms with Gasteiger partial charge in [-0.25, -0.2) is 9.59 Å². The van der Waals surface area contributed by atoms with Gasteiger partial charge in [0.05, 0.1) is 0 Å². The zero-order chi connectivity index (χ0) is 15.1. The Morgan fingerprint density at radius 3 is 2.40 bits per heavy atom. The molecule has 6 heteroatoms. The van der Waals surface area contributed by atoms with Gasteiger partial charge in [0.15, 0.2) is 0 Å². The molecule has 1 fully saturated rings. The van der Waals surface area contributed by atoms with Gasteiger partial charge in [-0.05, 0) is 25.8 Å². The topological polar surface area (TPSA) is 72.9 Å². The minimum absolute atomic E-state index is 0.203. The first kappa shape index (κ1) is 16.8. The largest absolute Gasteiger partial charge is 0.480 e. The quantitative estimate of drug-likeness (QED) is 0.773. The highest BCUT2D eigenvalue weighted by Gasteiger charge is 2.27. The Balaban J connectivity index is 2.48. The van der Waals surface area contributed by atoms with Crippen molar-refractivity contribution in [3.05, 3.63) is 0 Å². The van der Waals surface area contributed by atoms with E-state index in [0.29, 0.717) is 6.42 Å². The van der Waals surface area contributed by atoms with Gasteiger partial charge >= 0.3 is 12.0 Å². The van der Waals surface area contributed by atoms with Crippen molar-refractivity contribution in [2.45, 2.75) is 51.6 Å². The summed E-state index contributed by atoms with van der Waals surface area (Å²) in [6.07, 6.45) is 3.09. The number of aliphatic carboxylic acids is 1. The molecule has 1 heterocycles. The van der Waals surface area contributed by atoms with Crippen LogP contribution in [-0.4, -0.2) is 65.7 Å². The van der Waals surface area contributed by atoms with Gasteiger partial charge in [-0.1, -0.05) is 20.3 Å². The van der Waals surface area contributed by atoms with Gasteiger partial charge in [0.25, 0.3) is 0 Å². The third-order valence-corrected chi connectivity index (χ3v) is 4.05. The Hall–Kier alpha value is -1.30. The number of rotatable bonds is 6. The standard InChI is InChI=1S/C14H27N3O3/c1-4-6-12(13(18)19)15-14(20)16(3)11-7-9-17(5-2)10-8-11/h11-12H,4-10H2,1-3H3,(H,15,20)(H,18,19)/t12-/m0/s1. The molecule has 20 heavy (non-hydrogen) atoms. The third kappa shape index (κ3) is 4.67. The lowest BCUT2D eigenvalue weighted by molar-refractivity contribution is -0.139. The van der Waals surface area contributed by atoms with E-state index >= 15 is 0 Å². The number of nitrogens with zero attached hydrogens (tertiary/aromatic N) is 2. The first-order valence-corrected chi connectivity index (χ1v) is 7.48. The summed E-state index contributed by atoms with van der Waals surface area (Å²) in [5, 5.41) is 11.7. The number of piperidine rings is 1. The molecular weight excluding hydrogens is 258 g/mol. The summed E-state index contributed by atoms with van der Waals surface area (Å²) in [6.45, 7) is 7.08. The fourth-order valence-electron chi connectivity index (χ4n) is 2.59. The van der Waals surface area contributed by atoms with Gasteiger partial charge in [-0.2, -0.15) is 0 Å². The molecule has 2 amide bonds. The van der Waals surface area contributed by atoms with E-state index in [1.807, 2.05) is 6.92 Å². The summed E-state index contributed by atoms with van der Waals surface area (Å²) in [5.74, 6) is -0.964. The second-order valence-electron chi connectivity index (χ2n) is 5.41. The minimum Gasteiger partial charge on any atom is -0.480 e. The van der Waals surface area contributed by atoms with Crippen molar-refractivity contribution in [1.82, 2.24) is 15.1 Å². The van der Waals surface area contributed by atoms with Gasteiger partial charge in [0.2, 0.25) is 0 Å². The molecule has 0 aromatic rings. The van der Waals surface area contributed by atoms with Gasteiger partial charge in [0, 0.05) is 26.2 Å². The number of carboxylic acids is 1. The first-order chi connectivity index (χ1) is 9.49. The molecule has 6 nitrogen and oxygen atoms in total. The number of amides is 2. The molecule has 0 aromatic heterocycles. The van der Waals surface area contributed by atoms with Gasteiger partial charge in [-0.15, -0.1) is 0 Å². The smallest absolute Gasteiger partial charge is 0.326 e. The maximum atomic E-state index is 12.1. The predicted molar refractivity (Wildman–Crippen MR) is 77.8 cm³/mol. The lowest BCUT2D eigenvalue weighted by atomic mass is 10.0. The molecule has 0 spiro atoms. The highest BCUT2D eigenvalue weighted by atomic mass is 16.4. The van der Waals surface area contributed by atoms with E-state index in [2.05, 4.69) is 17.1 Å². The van der Waals surface area contributed by atoms with E-state index in [1.54, 1.807) is 11.9 Å². The Labute approximate surface area is 121 Å². The maximum absolute atomic E-state index is 12.1. The van der Waals surface area contributed by atoms with Crippen molar-refractivity contribution in [2.24, 2.45) is 0 Å². The first-order valence-electron chi connectivity index (χ1n) is 7.48. The Kier molecular flexibility index (Phi) is 6.78. The minimum atomic E-state index is -0.964. The molecule has 1 saturated heterocycles. The van der Waals surface area contributed by atoms with Crippen LogP contribution < -0.4 is 5.32 Å². The van der Waals surface area contributed by atoms with E-state index < -0.39 is 12.0 Å². The molecule has 2 N–H and O–H groups in total. The van der Waals surface area contributed by atoms with Crippen LogP contribution in [0.4, 0.5) is 4.79 Å². The molecule has 0 saturated carbocycles. The van der Waals surface area contributed by atoms with Gasteiger partial charge < -0.3 is 20.2 Å². The molecule has 116 valence electrons. The Morgan fingerprint density at radius 2 is 1.95 bits per heavy atom. The molecule has 1 aliphatic heterocycles. The molecule has 0 aromatic carbocycles. The van der Waals surface area contributed by atoms with Crippen molar-refractivity contribution in [3.63, 3.8) is 0 Å². The van der Waals surface area contributed by atoms with Crippen molar-refractivity contribution >= 4 is 12.0 Å². The lowest BCUT2D eigenvalue weighted by Gasteiger charge is -2.36. The molecule has 1 rings (SSSR count). The van der Waals surface area contributed by atoms with Gasteiger partial charge in [-0.3, -0.25) is 0 Å². The second-order valence-corrected chi connectivity index (χ2v) is 5.41. The number of hydrogen-bond acceptors (Lipinski definition) is 3. The van der Waals surface area contributed by atoms with Crippen LogP contribution in [0.25, 0.3) is 0 Å². The van der Waals surface area contributed by atoms with Crippen LogP contribution in [0.1, 0.15) is 39.5 Å². The van der Waals surface area contributed by atoms with E-state index in [0.717, 1.165) is 38.9 Å². The van der Waals surface area contributed by atoms with Gasteiger partial charge in [0.1, 0.15) is 6.04 Å². The van der Waals surface area contributed by atoms with Crippen LogP contribution in [0.15, 0.2) is 0 Å². The number of carbonyl (C=O) groups is 2. The molecule has 0 bridgehead atoms. The lowest BCUT2D eigenvalue weighted by Crippen LogP contribution is -2.52. The number of urea groups is 1. The van der Waals surface area contributed by atoms with Crippen molar-refractivity contribution in [2.75, 3.05) is 26.7 Å². The number of nitrogens with one attached hydrogen (secondary N) is 1. The van der Waals surface area contributed by atoms with Crippen LogP contribution in [0.5, 0.6) is 0 Å². The van der Waals surface area contributed by atoms with E-state index in [-0.39, 0.29) is 12.1 Å². The fourth-order valence-corrected chi connectivity index (χ4v) is 2.59. The van der Waals surface area contributed by atoms with Crippen molar-refractivity contribution < 1.29 is 14.7 Å². The highest BCUT2D eigenvalue weighted by molar-refractivity contribution is 5.82. The van der Waals surface area contributed by atoms with Crippen LogP contribution in [0, 0.1) is 0 Å². The van der Waals surface area contributed by atoms with Crippen LogP contribution in [-0.2, 0) is 4.79 Å². The zero-order valence-corrected chi connectivity index (χ0v) is 12.8. The van der Waals surface area contributed by atoms with Crippen LogP contribution >= 0.6 is 0 Å². The molecule has 0 unspecified atom stereocenters. The average Bonchev–Trinajstić information content (AvgIpc) is 2.45. The Morgan fingerprint density at radius 1 is 1.35 bits per heavy atom. The SMILES string of the molecule is CCC[C@H](NC(=O)N(C)C1CCN(CC)CC1)C(=O)O. The maximum Gasteiger partial charge on any atom is 0.326 e. The second kappa shape index (κ2) is 8.09. The number of hydrogen-bond donors (Lipinski definition) is 2. The van der Waals surface area contributed by atoms with E-state index in [4.69, 9.17) is 5.11 Å². The molecule has 0 radical (unpaired) electrons. The summed E-state index contributed by atoms with van der Waals surface area (Å²) in [7, 11) is 1.76. The molecule has 0 aliphatic carbocycles. The summed E-state index contributed by atoms with van der Waals surface area (Å²) < 4.78 is 0. The van der Waals surface area contributed by atoms with Crippen molar-refractivity contribution in [1.29, 1.82) is 0 Å². The number of carbonyl (C=O) groups excluding carboxylic acids is 1. The van der Waals surface area contributed by atoms with Crippen molar-refractivity contribution in [3.8, 4) is 0 Å². The highest BCUT2D eigenvalue weighted by Crippen LogP contribution is 2.15. The summed E-state index contributed by atoms with van der Waals surface area (Å²) in [6, 6.07) is -0.861. The number of carboxylic acid groups (broad SMARTS) is 1. The summed E-state index contributed by atoms with van der Waals surface area (Å²) in [5.41, 5.74) is 0. The average molecular weight is 285 g/mol. The zero-order valence-electron chi connectivity index (χ0n) is 12.8.